The minimum absolute atomic E-state index is 0.171. The van der Waals surface area contributed by atoms with E-state index in [9.17, 15) is 4.79 Å². The molecule has 156 valence electrons. The van der Waals surface area contributed by atoms with Crippen LogP contribution < -0.4 is 11.1 Å². The lowest BCUT2D eigenvalue weighted by atomic mass is 10.0. The number of carbonyl (C=O) groups is 1. The SMILES string of the molecule is COC(CNC(=O)c1nc2cc(N)c(C(=N)c3ccncc3)cc2[nH]1)c1ccccc1. The summed E-state index contributed by atoms with van der Waals surface area (Å²) in [5.41, 5.74) is 10.3. The first kappa shape index (κ1) is 20.2. The van der Waals surface area contributed by atoms with Gasteiger partial charge in [-0.25, -0.2) is 4.98 Å². The van der Waals surface area contributed by atoms with Gasteiger partial charge in [0.2, 0.25) is 0 Å². The van der Waals surface area contributed by atoms with Gasteiger partial charge in [0, 0.05) is 42.9 Å². The van der Waals surface area contributed by atoms with Crippen LogP contribution >= 0.6 is 0 Å². The second kappa shape index (κ2) is 8.76. The van der Waals surface area contributed by atoms with Crippen molar-refractivity contribution in [2.24, 2.45) is 0 Å². The molecular formula is C23H22N6O2. The van der Waals surface area contributed by atoms with E-state index < -0.39 is 0 Å². The van der Waals surface area contributed by atoms with Gasteiger partial charge in [-0.2, -0.15) is 0 Å². The first-order chi connectivity index (χ1) is 15.1. The molecule has 0 bridgehead atoms. The molecule has 0 saturated heterocycles. The number of anilines is 1. The molecule has 0 fully saturated rings. The van der Waals surface area contributed by atoms with E-state index in [-0.39, 0.29) is 23.5 Å². The maximum Gasteiger partial charge on any atom is 0.287 e. The lowest BCUT2D eigenvalue weighted by Gasteiger charge is -2.15. The largest absolute Gasteiger partial charge is 0.398 e. The molecule has 0 saturated carbocycles. The molecule has 4 rings (SSSR count). The van der Waals surface area contributed by atoms with Crippen molar-refractivity contribution in [3.8, 4) is 0 Å². The number of pyridine rings is 1. The van der Waals surface area contributed by atoms with Gasteiger partial charge in [0.15, 0.2) is 5.82 Å². The van der Waals surface area contributed by atoms with Crippen LogP contribution in [0.1, 0.15) is 33.4 Å². The first-order valence-corrected chi connectivity index (χ1v) is 9.71. The lowest BCUT2D eigenvalue weighted by molar-refractivity contribution is 0.0821. The van der Waals surface area contributed by atoms with Gasteiger partial charge in [0.05, 0.1) is 22.8 Å². The van der Waals surface area contributed by atoms with E-state index in [0.717, 1.165) is 5.56 Å². The Morgan fingerprint density at radius 3 is 2.65 bits per heavy atom. The van der Waals surface area contributed by atoms with E-state index in [4.69, 9.17) is 15.9 Å². The molecule has 8 heteroatoms. The number of imidazole rings is 1. The molecule has 0 aliphatic rings. The van der Waals surface area contributed by atoms with Crippen LogP contribution in [0.15, 0.2) is 67.0 Å². The van der Waals surface area contributed by atoms with Crippen LogP contribution in [0, 0.1) is 5.41 Å². The van der Waals surface area contributed by atoms with Crippen molar-refractivity contribution in [1.82, 2.24) is 20.3 Å². The van der Waals surface area contributed by atoms with Gasteiger partial charge in [0.1, 0.15) is 0 Å². The number of carbonyl (C=O) groups excluding carboxylic acids is 1. The Bertz CT molecular complexity index is 1220. The van der Waals surface area contributed by atoms with Crippen LogP contribution in [-0.2, 0) is 4.74 Å². The minimum atomic E-state index is -0.349. The van der Waals surface area contributed by atoms with Crippen molar-refractivity contribution in [3.05, 3.63) is 89.5 Å². The molecule has 4 aromatic rings. The normalized spacial score (nSPS) is 11.9. The predicted molar refractivity (Wildman–Crippen MR) is 119 cm³/mol. The van der Waals surface area contributed by atoms with E-state index >= 15 is 0 Å². The lowest BCUT2D eigenvalue weighted by Crippen LogP contribution is -2.29. The van der Waals surface area contributed by atoms with E-state index in [0.29, 0.717) is 34.4 Å². The molecule has 1 amide bonds. The van der Waals surface area contributed by atoms with E-state index in [1.165, 1.54) is 0 Å². The van der Waals surface area contributed by atoms with Crippen molar-refractivity contribution in [1.29, 1.82) is 5.41 Å². The number of methoxy groups -OCH3 is 1. The summed E-state index contributed by atoms with van der Waals surface area (Å²) in [6.07, 6.45) is 2.98. The number of hydrogen-bond acceptors (Lipinski definition) is 6. The van der Waals surface area contributed by atoms with E-state index in [1.54, 1.807) is 43.8 Å². The fourth-order valence-corrected chi connectivity index (χ4v) is 3.35. The van der Waals surface area contributed by atoms with Crippen molar-refractivity contribution in [2.75, 3.05) is 19.4 Å². The summed E-state index contributed by atoms with van der Waals surface area (Å²) in [6.45, 7) is 0.302. The first-order valence-electron chi connectivity index (χ1n) is 9.71. The number of ether oxygens (including phenoxy) is 1. The number of nitrogens with zero attached hydrogens (tertiary/aromatic N) is 2. The van der Waals surface area contributed by atoms with Gasteiger partial charge >= 0.3 is 0 Å². The number of aromatic nitrogens is 3. The van der Waals surface area contributed by atoms with Crippen molar-refractivity contribution >= 4 is 28.3 Å². The number of amides is 1. The second-order valence-electron chi connectivity index (χ2n) is 7.00. The highest BCUT2D eigenvalue weighted by molar-refractivity contribution is 6.15. The van der Waals surface area contributed by atoms with Crippen molar-refractivity contribution < 1.29 is 9.53 Å². The zero-order valence-electron chi connectivity index (χ0n) is 16.9. The number of aromatic amines is 1. The number of hydrogen-bond donors (Lipinski definition) is 4. The molecule has 0 spiro atoms. The molecule has 1 unspecified atom stereocenters. The topological polar surface area (TPSA) is 130 Å². The third-order valence-electron chi connectivity index (χ3n) is 5.01. The van der Waals surface area contributed by atoms with Crippen LogP contribution in [0.3, 0.4) is 0 Å². The quantitative estimate of drug-likeness (QED) is 0.273. The number of nitrogen functional groups attached to an aromatic ring is 1. The maximum absolute atomic E-state index is 12.7. The Balaban J connectivity index is 1.53. The molecule has 1 atom stereocenters. The number of fused-ring (bicyclic) bond motifs is 1. The van der Waals surface area contributed by atoms with Gasteiger partial charge in [-0.05, 0) is 29.8 Å². The highest BCUT2D eigenvalue weighted by atomic mass is 16.5. The fraction of sp³-hybridized carbons (Fsp3) is 0.130. The average molecular weight is 414 g/mol. The third kappa shape index (κ3) is 4.29. The molecule has 0 aliphatic carbocycles. The van der Waals surface area contributed by atoms with E-state index in [1.807, 2.05) is 30.3 Å². The zero-order chi connectivity index (χ0) is 21.8. The van der Waals surface area contributed by atoms with Crippen LogP contribution in [0.25, 0.3) is 11.0 Å². The summed E-state index contributed by atoms with van der Waals surface area (Å²) >= 11 is 0. The van der Waals surface area contributed by atoms with Gasteiger partial charge in [-0.3, -0.25) is 15.2 Å². The van der Waals surface area contributed by atoms with Crippen LogP contribution in [-0.4, -0.2) is 40.2 Å². The Labute approximate surface area is 179 Å². The molecule has 0 radical (unpaired) electrons. The average Bonchev–Trinajstić information content (AvgIpc) is 3.22. The molecule has 8 nitrogen and oxygen atoms in total. The number of nitrogens with two attached hydrogens (primary N) is 1. The van der Waals surface area contributed by atoms with Crippen LogP contribution in [0.4, 0.5) is 5.69 Å². The monoisotopic (exact) mass is 414 g/mol. The molecule has 2 aromatic carbocycles. The number of rotatable bonds is 7. The van der Waals surface area contributed by atoms with Crippen LogP contribution in [0.5, 0.6) is 0 Å². The van der Waals surface area contributed by atoms with Crippen molar-refractivity contribution in [2.45, 2.75) is 6.10 Å². The molecule has 2 aromatic heterocycles. The maximum atomic E-state index is 12.7. The standard InChI is InChI=1S/C23H22N6O2/c1-31-20(14-5-3-2-4-6-14)13-27-23(30)22-28-18-11-16(17(24)12-19(18)29-22)21(25)15-7-9-26-10-8-15/h2-12,20,25H,13,24H2,1H3,(H,27,30)(H,28,29). The summed E-state index contributed by atoms with van der Waals surface area (Å²) in [6, 6.07) is 16.6. The molecule has 31 heavy (non-hydrogen) atoms. The van der Waals surface area contributed by atoms with E-state index in [2.05, 4.69) is 20.3 Å². The number of benzene rings is 2. The molecule has 2 heterocycles. The second-order valence-corrected chi connectivity index (χ2v) is 7.00. The highest BCUT2D eigenvalue weighted by Crippen LogP contribution is 2.23. The number of H-pyrrole nitrogens is 1. The van der Waals surface area contributed by atoms with Gasteiger partial charge in [0.25, 0.3) is 5.91 Å². The molecule has 0 aliphatic heterocycles. The number of nitrogens with one attached hydrogen (secondary N) is 3. The zero-order valence-corrected chi connectivity index (χ0v) is 16.9. The third-order valence-corrected chi connectivity index (χ3v) is 5.01. The Hall–Kier alpha value is -4.04. The smallest absolute Gasteiger partial charge is 0.287 e. The molecular weight excluding hydrogens is 392 g/mol. The summed E-state index contributed by atoms with van der Waals surface area (Å²) in [7, 11) is 1.60. The highest BCUT2D eigenvalue weighted by Gasteiger charge is 2.17. The minimum Gasteiger partial charge on any atom is -0.398 e. The Morgan fingerprint density at radius 2 is 1.94 bits per heavy atom. The van der Waals surface area contributed by atoms with Crippen LogP contribution in [0.2, 0.25) is 0 Å². The van der Waals surface area contributed by atoms with Gasteiger partial charge in [-0.15, -0.1) is 0 Å². The summed E-state index contributed by atoms with van der Waals surface area (Å²) in [5, 5.41) is 11.3. The summed E-state index contributed by atoms with van der Waals surface area (Å²) in [4.78, 5) is 24.0. The fourth-order valence-electron chi connectivity index (χ4n) is 3.35. The van der Waals surface area contributed by atoms with Crippen molar-refractivity contribution in [3.63, 3.8) is 0 Å². The Kier molecular flexibility index (Phi) is 5.72. The summed E-state index contributed by atoms with van der Waals surface area (Å²) in [5.74, 6) is -0.177. The Morgan fingerprint density at radius 1 is 1.19 bits per heavy atom. The van der Waals surface area contributed by atoms with Gasteiger partial charge in [-0.1, -0.05) is 30.3 Å². The summed E-state index contributed by atoms with van der Waals surface area (Å²) < 4.78 is 5.49. The predicted octanol–water partition coefficient (Wildman–Crippen LogP) is 3.07. The molecule has 5 N–H and O–H groups in total. The van der Waals surface area contributed by atoms with Gasteiger partial charge < -0.3 is 20.8 Å².